The molecule has 0 fully saturated rings. The van der Waals surface area contributed by atoms with Crippen molar-refractivity contribution >= 4 is 16.8 Å². The van der Waals surface area contributed by atoms with E-state index in [9.17, 15) is 4.79 Å². The van der Waals surface area contributed by atoms with Crippen molar-refractivity contribution in [2.45, 2.75) is 6.54 Å². The summed E-state index contributed by atoms with van der Waals surface area (Å²) < 4.78 is 0. The molecule has 1 amide bonds. The summed E-state index contributed by atoms with van der Waals surface area (Å²) in [4.78, 5) is 18.7. The van der Waals surface area contributed by atoms with Gasteiger partial charge in [-0.2, -0.15) is 0 Å². The van der Waals surface area contributed by atoms with Crippen molar-refractivity contribution in [3.8, 4) is 0 Å². The normalized spacial score (nSPS) is 10.5. The van der Waals surface area contributed by atoms with Gasteiger partial charge in [0.25, 0.3) is 5.91 Å². The van der Waals surface area contributed by atoms with Crippen LogP contribution in [0.4, 0.5) is 0 Å². The molecule has 0 aliphatic rings. The molecule has 3 aromatic rings. The fourth-order valence-corrected chi connectivity index (χ4v) is 2.41. The van der Waals surface area contributed by atoms with Crippen molar-refractivity contribution in [3.05, 3.63) is 78.0 Å². The molecule has 1 heterocycles. The van der Waals surface area contributed by atoms with Crippen LogP contribution in [0.25, 0.3) is 10.9 Å². The minimum atomic E-state index is -0.0110. The first-order valence-electron chi connectivity index (χ1n) is 6.89. The van der Waals surface area contributed by atoms with E-state index in [-0.39, 0.29) is 5.91 Å². The molecule has 0 aliphatic heterocycles. The molecule has 0 atom stereocenters. The zero-order valence-electron chi connectivity index (χ0n) is 11.9. The van der Waals surface area contributed by atoms with Gasteiger partial charge in [0, 0.05) is 25.2 Å². The van der Waals surface area contributed by atoms with Crippen LogP contribution in [0.2, 0.25) is 0 Å². The van der Waals surface area contributed by atoms with E-state index in [2.05, 4.69) is 4.98 Å². The number of aromatic nitrogens is 1. The van der Waals surface area contributed by atoms with E-state index in [0.29, 0.717) is 12.1 Å². The standard InChI is InChI=1S/C18H16N2O/c1-20(13-14-7-3-2-4-8-14)18(21)16-11-5-9-15-10-6-12-19-17(15)16/h2-12H,13H2,1H3. The predicted octanol–water partition coefficient (Wildman–Crippen LogP) is 3.51. The number of carbonyl (C=O) groups is 1. The van der Waals surface area contributed by atoms with Gasteiger partial charge in [-0.05, 0) is 17.7 Å². The fourth-order valence-electron chi connectivity index (χ4n) is 2.41. The van der Waals surface area contributed by atoms with E-state index in [4.69, 9.17) is 0 Å². The highest BCUT2D eigenvalue weighted by molar-refractivity contribution is 6.05. The first kappa shape index (κ1) is 13.3. The maximum Gasteiger partial charge on any atom is 0.256 e. The van der Waals surface area contributed by atoms with Gasteiger partial charge in [-0.25, -0.2) is 0 Å². The Hall–Kier alpha value is -2.68. The number of pyridine rings is 1. The topological polar surface area (TPSA) is 33.2 Å². The van der Waals surface area contributed by atoms with Crippen LogP contribution < -0.4 is 0 Å². The highest BCUT2D eigenvalue weighted by Gasteiger charge is 2.15. The Balaban J connectivity index is 1.90. The van der Waals surface area contributed by atoms with Crippen LogP contribution >= 0.6 is 0 Å². The molecule has 0 radical (unpaired) electrons. The first-order valence-corrected chi connectivity index (χ1v) is 6.89. The average molecular weight is 276 g/mol. The summed E-state index contributed by atoms with van der Waals surface area (Å²) in [5.41, 5.74) is 2.51. The van der Waals surface area contributed by atoms with E-state index in [0.717, 1.165) is 16.5 Å². The third-order valence-electron chi connectivity index (χ3n) is 3.47. The number of nitrogens with zero attached hydrogens (tertiary/aromatic N) is 2. The highest BCUT2D eigenvalue weighted by Crippen LogP contribution is 2.18. The molecule has 0 unspecified atom stereocenters. The summed E-state index contributed by atoms with van der Waals surface area (Å²) in [6, 6.07) is 19.5. The smallest absolute Gasteiger partial charge is 0.256 e. The van der Waals surface area contributed by atoms with Crippen molar-refractivity contribution in [2.24, 2.45) is 0 Å². The van der Waals surface area contributed by atoms with Crippen LogP contribution in [0.1, 0.15) is 15.9 Å². The van der Waals surface area contributed by atoms with Crippen molar-refractivity contribution in [2.75, 3.05) is 7.05 Å². The molecule has 21 heavy (non-hydrogen) atoms. The van der Waals surface area contributed by atoms with Crippen LogP contribution in [-0.4, -0.2) is 22.8 Å². The second-order valence-electron chi connectivity index (χ2n) is 5.03. The van der Waals surface area contributed by atoms with Gasteiger partial charge >= 0.3 is 0 Å². The molecule has 3 heteroatoms. The molecular formula is C18H16N2O. The van der Waals surface area contributed by atoms with E-state index in [1.807, 2.05) is 67.7 Å². The molecule has 0 aliphatic carbocycles. The van der Waals surface area contributed by atoms with Crippen LogP contribution in [0, 0.1) is 0 Å². The minimum absolute atomic E-state index is 0.0110. The molecule has 3 nitrogen and oxygen atoms in total. The maximum absolute atomic E-state index is 12.6. The summed E-state index contributed by atoms with van der Waals surface area (Å²) in [7, 11) is 1.82. The lowest BCUT2D eigenvalue weighted by molar-refractivity contribution is 0.0787. The Morgan fingerprint density at radius 2 is 1.76 bits per heavy atom. The van der Waals surface area contributed by atoms with E-state index < -0.39 is 0 Å². The van der Waals surface area contributed by atoms with Crippen molar-refractivity contribution in [1.82, 2.24) is 9.88 Å². The van der Waals surface area contributed by atoms with Gasteiger partial charge < -0.3 is 4.90 Å². The number of amides is 1. The van der Waals surface area contributed by atoms with Gasteiger partial charge in [0.1, 0.15) is 0 Å². The van der Waals surface area contributed by atoms with E-state index >= 15 is 0 Å². The fraction of sp³-hybridized carbons (Fsp3) is 0.111. The van der Waals surface area contributed by atoms with Gasteiger partial charge in [-0.1, -0.05) is 48.5 Å². The summed E-state index contributed by atoms with van der Waals surface area (Å²) >= 11 is 0. The summed E-state index contributed by atoms with van der Waals surface area (Å²) in [5, 5.41) is 0.983. The molecule has 104 valence electrons. The lowest BCUT2D eigenvalue weighted by Crippen LogP contribution is -2.26. The monoisotopic (exact) mass is 276 g/mol. The lowest BCUT2D eigenvalue weighted by atomic mass is 10.1. The third-order valence-corrected chi connectivity index (χ3v) is 3.47. The molecule has 3 rings (SSSR count). The Bertz CT molecular complexity index is 763. The Kier molecular flexibility index (Phi) is 3.65. The molecule has 0 saturated carbocycles. The molecule has 0 bridgehead atoms. The average Bonchev–Trinajstić information content (AvgIpc) is 2.54. The number of carbonyl (C=O) groups excluding carboxylic acids is 1. The first-order chi connectivity index (χ1) is 10.3. The number of benzene rings is 2. The number of hydrogen-bond donors (Lipinski definition) is 0. The van der Waals surface area contributed by atoms with Crippen molar-refractivity contribution in [1.29, 1.82) is 0 Å². The zero-order chi connectivity index (χ0) is 14.7. The largest absolute Gasteiger partial charge is 0.337 e. The van der Waals surface area contributed by atoms with Gasteiger partial charge in [0.2, 0.25) is 0 Å². The van der Waals surface area contributed by atoms with Crippen LogP contribution in [0.15, 0.2) is 66.9 Å². The summed E-state index contributed by atoms with van der Waals surface area (Å²) in [5.74, 6) is -0.0110. The van der Waals surface area contributed by atoms with Crippen LogP contribution in [0.5, 0.6) is 0 Å². The van der Waals surface area contributed by atoms with Crippen LogP contribution in [0.3, 0.4) is 0 Å². The van der Waals surface area contributed by atoms with E-state index in [1.54, 1.807) is 11.1 Å². The predicted molar refractivity (Wildman–Crippen MR) is 84.0 cm³/mol. The molecule has 1 aromatic heterocycles. The lowest BCUT2D eigenvalue weighted by Gasteiger charge is -2.18. The van der Waals surface area contributed by atoms with Crippen LogP contribution in [-0.2, 0) is 6.54 Å². The van der Waals surface area contributed by atoms with Gasteiger partial charge in [-0.3, -0.25) is 9.78 Å². The third kappa shape index (κ3) is 2.77. The molecule has 0 saturated heterocycles. The maximum atomic E-state index is 12.6. The number of hydrogen-bond acceptors (Lipinski definition) is 2. The van der Waals surface area contributed by atoms with Gasteiger partial charge in [0.15, 0.2) is 0 Å². The van der Waals surface area contributed by atoms with E-state index in [1.165, 1.54) is 0 Å². The summed E-state index contributed by atoms with van der Waals surface area (Å²) in [6.45, 7) is 0.586. The molecule has 0 N–H and O–H groups in total. The van der Waals surface area contributed by atoms with Gasteiger partial charge in [0.05, 0.1) is 11.1 Å². The molecule has 0 spiro atoms. The Labute approximate surface area is 123 Å². The number of fused-ring (bicyclic) bond motifs is 1. The Morgan fingerprint density at radius 1 is 1.00 bits per heavy atom. The quantitative estimate of drug-likeness (QED) is 0.733. The second kappa shape index (κ2) is 5.75. The zero-order valence-corrected chi connectivity index (χ0v) is 11.9. The summed E-state index contributed by atoms with van der Waals surface area (Å²) in [6.07, 6.45) is 1.72. The van der Waals surface area contributed by atoms with Crippen molar-refractivity contribution < 1.29 is 4.79 Å². The Morgan fingerprint density at radius 3 is 2.57 bits per heavy atom. The van der Waals surface area contributed by atoms with Gasteiger partial charge in [-0.15, -0.1) is 0 Å². The number of para-hydroxylation sites is 1. The highest BCUT2D eigenvalue weighted by atomic mass is 16.2. The molecular weight excluding hydrogens is 260 g/mol. The SMILES string of the molecule is CN(Cc1ccccc1)C(=O)c1cccc2cccnc12. The second-order valence-corrected chi connectivity index (χ2v) is 5.03. The van der Waals surface area contributed by atoms with Crippen molar-refractivity contribution in [3.63, 3.8) is 0 Å². The number of rotatable bonds is 3. The molecule has 2 aromatic carbocycles. The minimum Gasteiger partial charge on any atom is -0.337 e.